The van der Waals surface area contributed by atoms with E-state index in [-0.39, 0.29) is 13.0 Å². The lowest BCUT2D eigenvalue weighted by molar-refractivity contribution is -0.184. The van der Waals surface area contributed by atoms with Gasteiger partial charge in [0.2, 0.25) is 5.91 Å². The van der Waals surface area contributed by atoms with Crippen molar-refractivity contribution < 1.29 is 37.0 Å². The highest BCUT2D eigenvalue weighted by Gasteiger charge is 2.46. The van der Waals surface area contributed by atoms with Crippen molar-refractivity contribution in [1.29, 1.82) is 0 Å². The molecule has 0 spiro atoms. The first kappa shape index (κ1) is 28.8. The number of esters is 2. The van der Waals surface area contributed by atoms with E-state index in [1.165, 1.54) is 0 Å². The molecule has 0 aromatic heterocycles. The standard InChI is InChI=1S/C26H31F3N2O5/c1-17(2)22(25(34)36-16-19-12-8-5-9-13-19)31-23(32)20(26(27,28)29)15-30-21(24(33)35-3)14-18-10-6-4-7-11-18/h4-13,17,20-22,30H,14-16H2,1-3H3,(H,31,32)/t20-,21-,22-/m0/s1. The van der Waals surface area contributed by atoms with Crippen LogP contribution in [0.2, 0.25) is 0 Å². The maximum Gasteiger partial charge on any atom is 0.401 e. The van der Waals surface area contributed by atoms with Gasteiger partial charge in [-0.2, -0.15) is 13.2 Å². The molecule has 0 aliphatic carbocycles. The number of ether oxygens (including phenoxy) is 2. The van der Waals surface area contributed by atoms with Gasteiger partial charge in [-0.1, -0.05) is 74.5 Å². The van der Waals surface area contributed by atoms with Crippen molar-refractivity contribution in [3.05, 3.63) is 71.8 Å². The first-order valence-electron chi connectivity index (χ1n) is 11.5. The molecule has 36 heavy (non-hydrogen) atoms. The van der Waals surface area contributed by atoms with Crippen LogP contribution >= 0.6 is 0 Å². The second-order valence-electron chi connectivity index (χ2n) is 8.59. The second kappa shape index (κ2) is 13.6. The largest absolute Gasteiger partial charge is 0.468 e. The predicted molar refractivity (Wildman–Crippen MR) is 127 cm³/mol. The Balaban J connectivity index is 2.09. The van der Waals surface area contributed by atoms with E-state index in [2.05, 4.69) is 10.6 Å². The molecule has 0 radical (unpaired) electrons. The van der Waals surface area contributed by atoms with Gasteiger partial charge in [0, 0.05) is 6.54 Å². The molecule has 0 saturated carbocycles. The van der Waals surface area contributed by atoms with E-state index in [0.29, 0.717) is 11.1 Å². The summed E-state index contributed by atoms with van der Waals surface area (Å²) in [4.78, 5) is 37.4. The molecule has 3 atom stereocenters. The fourth-order valence-corrected chi connectivity index (χ4v) is 3.42. The summed E-state index contributed by atoms with van der Waals surface area (Å²) in [5.41, 5.74) is 1.40. The van der Waals surface area contributed by atoms with Crippen LogP contribution in [-0.2, 0) is 36.9 Å². The van der Waals surface area contributed by atoms with Gasteiger partial charge >= 0.3 is 18.1 Å². The number of methoxy groups -OCH3 is 1. The minimum atomic E-state index is -4.93. The quantitative estimate of drug-likeness (QED) is 0.427. The van der Waals surface area contributed by atoms with Crippen LogP contribution in [-0.4, -0.2) is 49.8 Å². The van der Waals surface area contributed by atoms with Gasteiger partial charge in [-0.15, -0.1) is 0 Å². The minimum absolute atomic E-state index is 0.0696. The van der Waals surface area contributed by atoms with Crippen LogP contribution in [0.3, 0.4) is 0 Å². The molecular weight excluding hydrogens is 477 g/mol. The monoisotopic (exact) mass is 508 g/mol. The molecule has 0 aliphatic heterocycles. The van der Waals surface area contributed by atoms with Gasteiger partial charge < -0.3 is 20.1 Å². The van der Waals surface area contributed by atoms with Crippen LogP contribution < -0.4 is 10.6 Å². The van der Waals surface area contributed by atoms with Crippen LogP contribution in [0.15, 0.2) is 60.7 Å². The molecule has 0 bridgehead atoms. The Hall–Kier alpha value is -3.40. The highest BCUT2D eigenvalue weighted by Crippen LogP contribution is 2.27. The molecule has 0 aliphatic rings. The summed E-state index contributed by atoms with van der Waals surface area (Å²) in [6, 6.07) is 15.1. The van der Waals surface area contributed by atoms with Gasteiger partial charge in [0.1, 0.15) is 24.6 Å². The smallest absolute Gasteiger partial charge is 0.401 e. The lowest BCUT2D eigenvalue weighted by atomic mass is 10.0. The average molecular weight is 509 g/mol. The fraction of sp³-hybridized carbons (Fsp3) is 0.423. The molecule has 10 heteroatoms. The van der Waals surface area contributed by atoms with E-state index in [1.807, 2.05) is 0 Å². The molecule has 0 saturated heterocycles. The van der Waals surface area contributed by atoms with E-state index < -0.39 is 54.5 Å². The molecule has 2 rings (SSSR count). The summed E-state index contributed by atoms with van der Waals surface area (Å²) in [6.45, 7) is 2.21. The summed E-state index contributed by atoms with van der Waals surface area (Å²) in [6.07, 6.45) is -4.86. The molecule has 0 fully saturated rings. The summed E-state index contributed by atoms with van der Waals surface area (Å²) < 4.78 is 51.4. The van der Waals surface area contributed by atoms with Crippen LogP contribution in [0.25, 0.3) is 0 Å². The zero-order valence-electron chi connectivity index (χ0n) is 20.4. The van der Waals surface area contributed by atoms with Crippen molar-refractivity contribution in [2.24, 2.45) is 11.8 Å². The predicted octanol–water partition coefficient (Wildman–Crippen LogP) is 3.42. The third-order valence-electron chi connectivity index (χ3n) is 5.49. The Labute approximate surface area is 208 Å². The number of carbonyl (C=O) groups is 3. The van der Waals surface area contributed by atoms with Gasteiger partial charge in [-0.25, -0.2) is 4.79 Å². The summed E-state index contributed by atoms with van der Waals surface area (Å²) in [5, 5.41) is 4.70. The molecule has 7 nitrogen and oxygen atoms in total. The highest BCUT2D eigenvalue weighted by molar-refractivity contribution is 5.86. The zero-order valence-corrected chi connectivity index (χ0v) is 20.4. The van der Waals surface area contributed by atoms with Gasteiger partial charge in [0.15, 0.2) is 0 Å². The Bertz CT molecular complexity index is 984. The number of alkyl halides is 3. The van der Waals surface area contributed by atoms with E-state index in [9.17, 15) is 27.6 Å². The third kappa shape index (κ3) is 8.99. The van der Waals surface area contributed by atoms with E-state index >= 15 is 0 Å². The first-order valence-corrected chi connectivity index (χ1v) is 11.5. The van der Waals surface area contributed by atoms with Crippen LogP contribution in [0.5, 0.6) is 0 Å². The maximum absolute atomic E-state index is 13.8. The van der Waals surface area contributed by atoms with Crippen LogP contribution in [0, 0.1) is 11.8 Å². The van der Waals surface area contributed by atoms with Crippen molar-refractivity contribution in [2.45, 2.75) is 45.1 Å². The normalized spacial score (nSPS) is 14.0. The Morgan fingerprint density at radius 1 is 0.889 bits per heavy atom. The van der Waals surface area contributed by atoms with Gasteiger partial charge in [-0.05, 0) is 23.5 Å². The average Bonchev–Trinajstić information content (AvgIpc) is 2.85. The molecule has 2 N–H and O–H groups in total. The number of benzene rings is 2. The number of hydrogen-bond donors (Lipinski definition) is 2. The molecule has 0 unspecified atom stereocenters. The lowest BCUT2D eigenvalue weighted by Gasteiger charge is -2.26. The Kier molecular flexibility index (Phi) is 10.9. The minimum Gasteiger partial charge on any atom is -0.468 e. The molecule has 1 amide bonds. The van der Waals surface area contributed by atoms with Gasteiger partial charge in [-0.3, -0.25) is 9.59 Å². The van der Waals surface area contributed by atoms with Crippen molar-refractivity contribution in [1.82, 2.24) is 10.6 Å². The van der Waals surface area contributed by atoms with Crippen LogP contribution in [0.1, 0.15) is 25.0 Å². The molecule has 0 heterocycles. The van der Waals surface area contributed by atoms with Crippen molar-refractivity contribution >= 4 is 17.8 Å². The molecule has 2 aromatic rings. The Morgan fingerprint density at radius 3 is 1.94 bits per heavy atom. The van der Waals surface area contributed by atoms with Crippen molar-refractivity contribution in [2.75, 3.05) is 13.7 Å². The summed E-state index contributed by atoms with van der Waals surface area (Å²) in [7, 11) is 1.13. The van der Waals surface area contributed by atoms with Gasteiger partial charge in [0.25, 0.3) is 0 Å². The summed E-state index contributed by atoms with van der Waals surface area (Å²) >= 11 is 0. The topological polar surface area (TPSA) is 93.7 Å². The van der Waals surface area contributed by atoms with E-state index in [1.54, 1.807) is 74.5 Å². The lowest BCUT2D eigenvalue weighted by Crippen LogP contribution is -2.53. The van der Waals surface area contributed by atoms with E-state index in [4.69, 9.17) is 9.47 Å². The first-order chi connectivity index (χ1) is 17.0. The number of carbonyl (C=O) groups excluding carboxylic acids is 3. The van der Waals surface area contributed by atoms with E-state index in [0.717, 1.165) is 7.11 Å². The second-order valence-corrected chi connectivity index (χ2v) is 8.59. The van der Waals surface area contributed by atoms with Crippen molar-refractivity contribution in [3.63, 3.8) is 0 Å². The third-order valence-corrected chi connectivity index (χ3v) is 5.49. The number of rotatable bonds is 12. The van der Waals surface area contributed by atoms with Gasteiger partial charge in [0.05, 0.1) is 7.11 Å². The Morgan fingerprint density at radius 2 is 1.44 bits per heavy atom. The number of nitrogens with one attached hydrogen (secondary N) is 2. The highest BCUT2D eigenvalue weighted by atomic mass is 19.4. The molecule has 2 aromatic carbocycles. The maximum atomic E-state index is 13.8. The summed E-state index contributed by atoms with van der Waals surface area (Å²) in [5.74, 6) is -6.03. The molecule has 196 valence electrons. The number of halogens is 3. The molecular formula is C26H31F3N2O5. The number of amides is 1. The number of hydrogen-bond acceptors (Lipinski definition) is 6. The fourth-order valence-electron chi connectivity index (χ4n) is 3.42. The SMILES string of the molecule is COC(=O)[C@H](Cc1ccccc1)NC[C@@H](C(=O)N[C@H](C(=O)OCc1ccccc1)C(C)C)C(F)(F)F. The van der Waals surface area contributed by atoms with Crippen molar-refractivity contribution in [3.8, 4) is 0 Å². The zero-order chi connectivity index (χ0) is 26.7. The van der Waals surface area contributed by atoms with Crippen LogP contribution in [0.4, 0.5) is 13.2 Å².